The molecule has 10 heteroatoms. The smallest absolute Gasteiger partial charge is 0.263 e. The van der Waals surface area contributed by atoms with Gasteiger partial charge in [-0.15, -0.1) is 11.3 Å². The molecule has 5 rings (SSSR count). The first-order valence-electron chi connectivity index (χ1n) is 10.3. The fourth-order valence-electron chi connectivity index (χ4n) is 4.16. The van der Waals surface area contributed by atoms with Crippen LogP contribution in [0.25, 0.3) is 11.3 Å². The van der Waals surface area contributed by atoms with Gasteiger partial charge in [-0.25, -0.2) is 17.8 Å². The Labute approximate surface area is 194 Å². The van der Waals surface area contributed by atoms with Crippen molar-refractivity contribution in [2.45, 2.75) is 23.9 Å². The second-order valence-corrected chi connectivity index (χ2v) is 10.3. The normalized spacial score (nSPS) is 15.6. The molecular formula is C23H21FN4O3S2. The number of nitrogens with one attached hydrogen (secondary N) is 1. The van der Waals surface area contributed by atoms with Crippen LogP contribution in [0.4, 0.5) is 9.52 Å². The third-order valence-electron chi connectivity index (χ3n) is 5.73. The quantitative estimate of drug-likeness (QED) is 0.428. The SMILES string of the molecule is Cn1nccc1-c1cc(CF)ccc1C1CCOc2cc(S(=O)(=O)Nc3nccs3)ccc21. The summed E-state index contributed by atoms with van der Waals surface area (Å²) in [5.41, 5.74) is 4.31. The number of sulfonamides is 1. The van der Waals surface area contributed by atoms with Crippen LogP contribution in [0, 0.1) is 0 Å². The van der Waals surface area contributed by atoms with Crippen LogP contribution >= 0.6 is 11.3 Å². The number of aryl methyl sites for hydroxylation is 1. The van der Waals surface area contributed by atoms with Crippen LogP contribution in [-0.4, -0.2) is 29.8 Å². The summed E-state index contributed by atoms with van der Waals surface area (Å²) in [5.74, 6) is 0.495. The van der Waals surface area contributed by atoms with Crippen LogP contribution in [0.15, 0.2) is 65.1 Å². The van der Waals surface area contributed by atoms with E-state index in [0.717, 1.165) is 28.8 Å². The summed E-state index contributed by atoms with van der Waals surface area (Å²) in [6.07, 6.45) is 3.97. The number of anilines is 1. The molecule has 1 N–H and O–H groups in total. The van der Waals surface area contributed by atoms with Crippen molar-refractivity contribution in [3.05, 3.63) is 76.9 Å². The molecule has 1 unspecified atom stereocenters. The number of fused-ring (bicyclic) bond motifs is 1. The van der Waals surface area contributed by atoms with E-state index in [1.165, 1.54) is 17.5 Å². The molecule has 0 saturated heterocycles. The Balaban J connectivity index is 1.55. The Hall–Kier alpha value is -3.24. The molecule has 0 radical (unpaired) electrons. The van der Waals surface area contributed by atoms with Crippen molar-refractivity contribution in [2.75, 3.05) is 11.3 Å². The maximum absolute atomic E-state index is 13.4. The van der Waals surface area contributed by atoms with Crippen molar-refractivity contribution < 1.29 is 17.5 Å². The van der Waals surface area contributed by atoms with E-state index in [4.69, 9.17) is 4.74 Å². The van der Waals surface area contributed by atoms with Gasteiger partial charge in [0.15, 0.2) is 5.13 Å². The highest BCUT2D eigenvalue weighted by atomic mass is 32.2. The van der Waals surface area contributed by atoms with E-state index in [-0.39, 0.29) is 10.8 Å². The summed E-state index contributed by atoms with van der Waals surface area (Å²) in [6, 6.07) is 12.4. The molecule has 0 saturated carbocycles. The van der Waals surface area contributed by atoms with Crippen LogP contribution in [-0.2, 0) is 23.7 Å². The Kier molecular flexibility index (Phi) is 5.63. The van der Waals surface area contributed by atoms with Gasteiger partial charge in [0.1, 0.15) is 12.4 Å². The number of hydrogen-bond donors (Lipinski definition) is 1. The zero-order valence-corrected chi connectivity index (χ0v) is 19.4. The van der Waals surface area contributed by atoms with Crippen molar-refractivity contribution in [3.8, 4) is 17.0 Å². The molecule has 7 nitrogen and oxygen atoms in total. The fourth-order valence-corrected chi connectivity index (χ4v) is 5.96. The van der Waals surface area contributed by atoms with Crippen LogP contribution in [0.1, 0.15) is 29.0 Å². The number of hydrogen-bond acceptors (Lipinski definition) is 6. The van der Waals surface area contributed by atoms with Gasteiger partial charge in [-0.1, -0.05) is 18.2 Å². The Morgan fingerprint density at radius 1 is 1.18 bits per heavy atom. The standard InChI is InChI=1S/C23H21FN4O3S2/c1-28-21(6-8-26-28)20-12-15(14-24)2-4-17(20)18-7-10-31-22-13-16(3-5-19(18)22)33(29,30)27-23-25-9-11-32-23/h2-6,8-9,11-13,18H,7,10,14H2,1H3,(H,25,27). The molecule has 0 amide bonds. The number of halogens is 1. The lowest BCUT2D eigenvalue weighted by molar-refractivity contribution is 0.276. The van der Waals surface area contributed by atoms with E-state index in [1.54, 1.807) is 40.5 Å². The maximum Gasteiger partial charge on any atom is 0.263 e. The molecule has 4 aromatic rings. The van der Waals surface area contributed by atoms with E-state index in [1.807, 2.05) is 25.2 Å². The second-order valence-electron chi connectivity index (χ2n) is 7.73. The predicted molar refractivity (Wildman–Crippen MR) is 125 cm³/mol. The van der Waals surface area contributed by atoms with Crippen molar-refractivity contribution in [1.29, 1.82) is 0 Å². The zero-order valence-electron chi connectivity index (χ0n) is 17.7. The minimum atomic E-state index is -3.79. The average molecular weight is 485 g/mol. The number of benzene rings is 2. The molecule has 2 aromatic carbocycles. The minimum absolute atomic E-state index is 0.0315. The predicted octanol–water partition coefficient (Wildman–Crippen LogP) is 4.73. The van der Waals surface area contributed by atoms with Gasteiger partial charge in [-0.3, -0.25) is 9.40 Å². The lowest BCUT2D eigenvalue weighted by Crippen LogP contribution is -2.18. The van der Waals surface area contributed by atoms with E-state index in [9.17, 15) is 12.8 Å². The first-order valence-corrected chi connectivity index (χ1v) is 12.7. The molecule has 1 aliphatic heterocycles. The average Bonchev–Trinajstić information content (AvgIpc) is 3.49. The van der Waals surface area contributed by atoms with Crippen molar-refractivity contribution >= 4 is 26.5 Å². The minimum Gasteiger partial charge on any atom is -0.493 e. The molecule has 0 aliphatic carbocycles. The molecule has 1 atom stereocenters. The first-order chi connectivity index (χ1) is 16.0. The van der Waals surface area contributed by atoms with E-state index >= 15 is 0 Å². The van der Waals surface area contributed by atoms with Gasteiger partial charge in [0.2, 0.25) is 0 Å². The van der Waals surface area contributed by atoms with Gasteiger partial charge in [0, 0.05) is 47.9 Å². The van der Waals surface area contributed by atoms with Crippen molar-refractivity contribution in [2.24, 2.45) is 7.05 Å². The first kappa shape index (κ1) is 21.6. The van der Waals surface area contributed by atoms with Crippen LogP contribution in [0.3, 0.4) is 0 Å². The highest BCUT2D eigenvalue weighted by Crippen LogP contribution is 2.43. The number of nitrogens with zero attached hydrogens (tertiary/aromatic N) is 3. The summed E-state index contributed by atoms with van der Waals surface area (Å²) in [7, 11) is -1.94. The molecule has 33 heavy (non-hydrogen) atoms. The molecule has 2 aromatic heterocycles. The lowest BCUT2D eigenvalue weighted by atomic mass is 9.83. The van der Waals surface area contributed by atoms with Gasteiger partial charge in [-0.05, 0) is 35.7 Å². The second kappa shape index (κ2) is 8.60. The van der Waals surface area contributed by atoms with Gasteiger partial charge in [-0.2, -0.15) is 5.10 Å². The van der Waals surface area contributed by atoms with Gasteiger partial charge in [0.25, 0.3) is 10.0 Å². The number of aromatic nitrogens is 3. The number of ether oxygens (including phenoxy) is 1. The van der Waals surface area contributed by atoms with Crippen LogP contribution in [0.2, 0.25) is 0 Å². The highest BCUT2D eigenvalue weighted by Gasteiger charge is 2.28. The lowest BCUT2D eigenvalue weighted by Gasteiger charge is -2.28. The summed E-state index contributed by atoms with van der Waals surface area (Å²) in [6.45, 7) is -0.112. The monoisotopic (exact) mass is 484 g/mol. The molecule has 170 valence electrons. The van der Waals surface area contributed by atoms with Crippen LogP contribution in [0.5, 0.6) is 5.75 Å². The third-order valence-corrected chi connectivity index (χ3v) is 7.89. The molecule has 0 fully saturated rings. The number of thiazole rings is 1. The Bertz CT molecular complexity index is 1400. The molecule has 3 heterocycles. The fraction of sp³-hybridized carbons (Fsp3) is 0.217. The van der Waals surface area contributed by atoms with Crippen molar-refractivity contribution in [1.82, 2.24) is 14.8 Å². The maximum atomic E-state index is 13.4. The molecule has 0 spiro atoms. The third kappa shape index (κ3) is 4.11. The van der Waals surface area contributed by atoms with E-state index in [2.05, 4.69) is 14.8 Å². The topological polar surface area (TPSA) is 86.1 Å². The van der Waals surface area contributed by atoms with Gasteiger partial charge in [0.05, 0.1) is 17.2 Å². The molecular weight excluding hydrogens is 463 g/mol. The number of rotatable bonds is 6. The zero-order chi connectivity index (χ0) is 23.0. The largest absolute Gasteiger partial charge is 0.493 e. The summed E-state index contributed by atoms with van der Waals surface area (Å²) < 4.78 is 49.2. The summed E-state index contributed by atoms with van der Waals surface area (Å²) in [4.78, 5) is 4.09. The number of alkyl halides is 1. The molecule has 0 bridgehead atoms. The highest BCUT2D eigenvalue weighted by molar-refractivity contribution is 7.93. The van der Waals surface area contributed by atoms with Crippen molar-refractivity contribution in [3.63, 3.8) is 0 Å². The van der Waals surface area contributed by atoms with Crippen LogP contribution < -0.4 is 9.46 Å². The summed E-state index contributed by atoms with van der Waals surface area (Å²) in [5, 5.41) is 6.28. The van der Waals surface area contributed by atoms with Gasteiger partial charge < -0.3 is 4.74 Å². The van der Waals surface area contributed by atoms with E-state index in [0.29, 0.717) is 23.1 Å². The summed E-state index contributed by atoms with van der Waals surface area (Å²) >= 11 is 1.21. The Morgan fingerprint density at radius 3 is 2.76 bits per heavy atom. The van der Waals surface area contributed by atoms with Gasteiger partial charge >= 0.3 is 0 Å². The van der Waals surface area contributed by atoms with E-state index < -0.39 is 16.7 Å². The Morgan fingerprint density at radius 2 is 2.03 bits per heavy atom. The molecule has 1 aliphatic rings.